The second kappa shape index (κ2) is 4.77. The first-order valence-electron chi connectivity index (χ1n) is 7.55. The van der Waals surface area contributed by atoms with Crippen LogP contribution in [0, 0.1) is 0 Å². The molecule has 3 aliphatic heterocycles. The molecule has 1 N–H and O–H groups in total. The van der Waals surface area contributed by atoms with Gasteiger partial charge < -0.3 is 15.0 Å². The average molecular weight is 272 g/mol. The molecule has 20 heavy (non-hydrogen) atoms. The van der Waals surface area contributed by atoms with Gasteiger partial charge in [-0.15, -0.1) is 0 Å². The third kappa shape index (κ3) is 2.08. The minimum Gasteiger partial charge on any atom is -0.384 e. The van der Waals surface area contributed by atoms with Gasteiger partial charge in [0.1, 0.15) is 0 Å². The van der Waals surface area contributed by atoms with Gasteiger partial charge in [-0.25, -0.2) is 0 Å². The summed E-state index contributed by atoms with van der Waals surface area (Å²) in [6.07, 6.45) is 3.41. The Morgan fingerprint density at radius 3 is 2.80 bits per heavy atom. The van der Waals surface area contributed by atoms with Gasteiger partial charge >= 0.3 is 0 Å². The molecule has 0 saturated carbocycles. The molecule has 2 bridgehead atoms. The third-order valence-corrected chi connectivity index (χ3v) is 4.76. The number of fused-ring (bicyclic) bond motifs is 3. The van der Waals surface area contributed by atoms with Gasteiger partial charge in [-0.1, -0.05) is 18.2 Å². The van der Waals surface area contributed by atoms with Crippen LogP contribution < -0.4 is 5.32 Å². The molecule has 1 aromatic rings. The molecule has 3 atom stereocenters. The van der Waals surface area contributed by atoms with Crippen LogP contribution >= 0.6 is 0 Å². The molecular weight excluding hydrogens is 252 g/mol. The Morgan fingerprint density at radius 1 is 1.25 bits per heavy atom. The molecule has 3 unspecified atom stereocenters. The SMILES string of the molecule is O=C(CC1CNc2ccccc21)N1CC2CCC(C1)O2. The summed E-state index contributed by atoms with van der Waals surface area (Å²) < 4.78 is 5.80. The minimum atomic E-state index is 0.284. The molecule has 2 fully saturated rings. The first-order valence-corrected chi connectivity index (χ1v) is 7.55. The molecular formula is C16H20N2O2. The molecule has 2 saturated heterocycles. The van der Waals surface area contributed by atoms with Gasteiger partial charge in [0, 0.05) is 37.7 Å². The van der Waals surface area contributed by atoms with Gasteiger partial charge in [0.2, 0.25) is 5.91 Å². The lowest BCUT2D eigenvalue weighted by Crippen LogP contribution is -2.46. The van der Waals surface area contributed by atoms with Crippen LogP contribution in [0.4, 0.5) is 5.69 Å². The number of carbonyl (C=O) groups excluding carboxylic acids is 1. The number of rotatable bonds is 2. The highest BCUT2D eigenvalue weighted by molar-refractivity contribution is 5.78. The molecule has 106 valence electrons. The molecule has 3 heterocycles. The van der Waals surface area contributed by atoms with Crippen LogP contribution in [0.2, 0.25) is 0 Å². The summed E-state index contributed by atoms with van der Waals surface area (Å²) in [6, 6.07) is 8.32. The summed E-state index contributed by atoms with van der Waals surface area (Å²) in [4.78, 5) is 14.5. The fourth-order valence-corrected chi connectivity index (χ4v) is 3.70. The van der Waals surface area contributed by atoms with Gasteiger partial charge in [0.25, 0.3) is 0 Å². The van der Waals surface area contributed by atoms with Gasteiger partial charge in [-0.3, -0.25) is 4.79 Å². The predicted octanol–water partition coefficient (Wildman–Crippen LogP) is 1.98. The summed E-state index contributed by atoms with van der Waals surface area (Å²) in [5.41, 5.74) is 2.48. The largest absolute Gasteiger partial charge is 0.384 e. The highest BCUT2D eigenvalue weighted by Crippen LogP contribution is 2.34. The zero-order valence-corrected chi connectivity index (χ0v) is 11.5. The van der Waals surface area contributed by atoms with E-state index in [1.807, 2.05) is 11.0 Å². The van der Waals surface area contributed by atoms with E-state index in [9.17, 15) is 4.79 Å². The van der Waals surface area contributed by atoms with E-state index in [0.717, 1.165) is 32.5 Å². The number of carbonyl (C=O) groups is 1. The van der Waals surface area contributed by atoms with E-state index < -0.39 is 0 Å². The molecule has 0 aliphatic carbocycles. The van der Waals surface area contributed by atoms with Gasteiger partial charge in [-0.2, -0.15) is 0 Å². The fourth-order valence-electron chi connectivity index (χ4n) is 3.70. The van der Waals surface area contributed by atoms with Crippen LogP contribution in [0.15, 0.2) is 24.3 Å². The summed E-state index contributed by atoms with van der Waals surface area (Å²) >= 11 is 0. The van der Waals surface area contributed by atoms with Crippen molar-refractivity contribution in [1.82, 2.24) is 4.90 Å². The van der Waals surface area contributed by atoms with E-state index in [2.05, 4.69) is 23.5 Å². The van der Waals surface area contributed by atoms with Gasteiger partial charge in [0.15, 0.2) is 0 Å². The Balaban J connectivity index is 1.44. The summed E-state index contributed by atoms with van der Waals surface area (Å²) in [6.45, 7) is 2.45. The molecule has 0 aromatic heterocycles. The van der Waals surface area contributed by atoms with E-state index in [1.165, 1.54) is 11.3 Å². The second-order valence-corrected chi connectivity index (χ2v) is 6.13. The molecule has 1 aromatic carbocycles. The number of nitrogens with zero attached hydrogens (tertiary/aromatic N) is 1. The minimum absolute atomic E-state index is 0.284. The fraction of sp³-hybridized carbons (Fsp3) is 0.562. The Morgan fingerprint density at radius 2 is 2.00 bits per heavy atom. The number of hydrogen-bond acceptors (Lipinski definition) is 3. The van der Waals surface area contributed by atoms with Gasteiger partial charge in [0.05, 0.1) is 12.2 Å². The van der Waals surface area contributed by atoms with Crippen molar-refractivity contribution in [3.8, 4) is 0 Å². The maximum atomic E-state index is 12.5. The van der Waals surface area contributed by atoms with E-state index in [0.29, 0.717) is 12.3 Å². The van der Waals surface area contributed by atoms with Crippen LogP contribution in [0.25, 0.3) is 0 Å². The Kier molecular flexibility index (Phi) is 2.91. The van der Waals surface area contributed by atoms with Crippen LogP contribution in [-0.4, -0.2) is 42.6 Å². The first-order chi connectivity index (χ1) is 9.79. The lowest BCUT2D eigenvalue weighted by molar-refractivity contribution is -0.140. The number of nitrogens with one attached hydrogen (secondary N) is 1. The van der Waals surface area contributed by atoms with Crippen molar-refractivity contribution in [3.05, 3.63) is 29.8 Å². The molecule has 1 amide bonds. The maximum Gasteiger partial charge on any atom is 0.223 e. The quantitative estimate of drug-likeness (QED) is 0.895. The number of likely N-dealkylation sites (tertiary alicyclic amines) is 1. The lowest BCUT2D eigenvalue weighted by atomic mass is 9.97. The highest BCUT2D eigenvalue weighted by Gasteiger charge is 2.36. The first kappa shape index (κ1) is 12.2. The third-order valence-electron chi connectivity index (χ3n) is 4.76. The molecule has 4 rings (SSSR count). The molecule has 4 nitrogen and oxygen atoms in total. The summed E-state index contributed by atoms with van der Waals surface area (Å²) in [5.74, 6) is 0.605. The molecule has 4 heteroatoms. The lowest BCUT2D eigenvalue weighted by Gasteiger charge is -2.32. The van der Waals surface area contributed by atoms with Crippen molar-refractivity contribution in [2.45, 2.75) is 37.4 Å². The van der Waals surface area contributed by atoms with Gasteiger partial charge in [-0.05, 0) is 24.5 Å². The number of ether oxygens (including phenoxy) is 1. The van der Waals surface area contributed by atoms with Crippen molar-refractivity contribution < 1.29 is 9.53 Å². The van der Waals surface area contributed by atoms with E-state index in [4.69, 9.17) is 4.74 Å². The number of para-hydroxylation sites is 1. The number of benzene rings is 1. The van der Waals surface area contributed by atoms with Crippen molar-refractivity contribution in [1.29, 1.82) is 0 Å². The van der Waals surface area contributed by atoms with E-state index >= 15 is 0 Å². The second-order valence-electron chi connectivity index (χ2n) is 6.13. The van der Waals surface area contributed by atoms with Crippen LogP contribution in [0.5, 0.6) is 0 Å². The molecule has 3 aliphatic rings. The van der Waals surface area contributed by atoms with Crippen molar-refractivity contribution in [2.24, 2.45) is 0 Å². The zero-order chi connectivity index (χ0) is 13.5. The highest BCUT2D eigenvalue weighted by atomic mass is 16.5. The van der Waals surface area contributed by atoms with Crippen molar-refractivity contribution >= 4 is 11.6 Å². The van der Waals surface area contributed by atoms with Crippen molar-refractivity contribution in [3.63, 3.8) is 0 Å². The molecule has 0 spiro atoms. The Bertz CT molecular complexity index is 519. The summed E-state index contributed by atoms with van der Waals surface area (Å²) in [7, 11) is 0. The van der Waals surface area contributed by atoms with E-state index in [1.54, 1.807) is 0 Å². The normalized spacial score (nSPS) is 31.0. The van der Waals surface area contributed by atoms with Crippen LogP contribution in [0.1, 0.15) is 30.7 Å². The topological polar surface area (TPSA) is 41.6 Å². The maximum absolute atomic E-state index is 12.5. The van der Waals surface area contributed by atoms with E-state index in [-0.39, 0.29) is 18.1 Å². The Labute approximate surface area is 119 Å². The zero-order valence-electron chi connectivity index (χ0n) is 11.5. The van der Waals surface area contributed by atoms with Crippen LogP contribution in [0.3, 0.4) is 0 Å². The Hall–Kier alpha value is -1.55. The smallest absolute Gasteiger partial charge is 0.223 e. The monoisotopic (exact) mass is 272 g/mol. The predicted molar refractivity (Wildman–Crippen MR) is 76.8 cm³/mol. The number of amides is 1. The standard InChI is InChI=1S/C16H20N2O2/c19-16(18-9-12-5-6-13(10-18)20-12)7-11-8-17-15-4-2-1-3-14(11)15/h1-4,11-13,17H,5-10H2. The average Bonchev–Trinajstić information content (AvgIpc) is 3.03. The number of hydrogen-bond donors (Lipinski definition) is 1. The number of anilines is 1. The molecule has 0 radical (unpaired) electrons. The summed E-state index contributed by atoms with van der Waals surface area (Å²) in [5, 5.41) is 3.39. The van der Waals surface area contributed by atoms with Crippen molar-refractivity contribution in [2.75, 3.05) is 25.0 Å². The number of morpholine rings is 1. The van der Waals surface area contributed by atoms with Crippen LogP contribution in [-0.2, 0) is 9.53 Å².